The fraction of sp³-hybridized carbons (Fsp3) is 0.875. The summed E-state index contributed by atoms with van der Waals surface area (Å²) in [4.78, 5) is 9.03. The minimum atomic E-state index is -4.55. The molecule has 0 saturated heterocycles. The van der Waals surface area contributed by atoms with Crippen LogP contribution in [0.25, 0.3) is 0 Å². The van der Waals surface area contributed by atoms with E-state index in [0.717, 1.165) is 24.4 Å². The Labute approximate surface area is 152 Å². The van der Waals surface area contributed by atoms with Gasteiger partial charge in [0.2, 0.25) is 0 Å². The Kier molecular flexibility index (Phi) is 7.94. The monoisotopic (exact) mass is 378 g/mol. The first kappa shape index (κ1) is 22.4. The first-order valence-electron chi connectivity index (χ1n) is 8.44. The quantitative estimate of drug-likeness (QED) is 0.657. The molecule has 0 saturated carbocycles. The van der Waals surface area contributed by atoms with Crippen LogP contribution < -0.4 is 19.3 Å². The summed E-state index contributed by atoms with van der Waals surface area (Å²) >= 11 is 0. The molecule has 0 unspecified atom stereocenters. The molecule has 0 aromatic carbocycles. The van der Waals surface area contributed by atoms with E-state index in [0.29, 0.717) is 19.5 Å². The zero-order valence-corrected chi connectivity index (χ0v) is 16.9. The lowest BCUT2D eigenvalue weighted by Crippen LogP contribution is -2.65. The maximum atomic E-state index is 11.1. The van der Waals surface area contributed by atoms with E-state index in [2.05, 4.69) is 33.5 Å². The average molecular weight is 379 g/mol. The Bertz CT molecular complexity index is 501. The van der Waals surface area contributed by atoms with Crippen molar-refractivity contribution in [3.8, 4) is 0 Å². The van der Waals surface area contributed by atoms with Crippen LogP contribution in [-0.4, -0.2) is 53.7 Å². The van der Waals surface area contributed by atoms with E-state index in [4.69, 9.17) is 0 Å². The summed E-state index contributed by atoms with van der Waals surface area (Å²) in [5.41, 5.74) is 1.01. The van der Waals surface area contributed by atoms with Crippen molar-refractivity contribution in [1.29, 1.82) is 0 Å². The second-order valence-electron chi connectivity index (χ2n) is 7.76. The summed E-state index contributed by atoms with van der Waals surface area (Å²) in [6.45, 7) is 13.6. The molecule has 8 nitrogen and oxygen atoms in total. The van der Waals surface area contributed by atoms with Crippen LogP contribution in [0.3, 0.4) is 0 Å². The largest absolute Gasteiger partial charge is 0.310 e. The molecule has 0 aromatic heterocycles. The molecule has 1 rings (SSSR count). The van der Waals surface area contributed by atoms with Crippen LogP contribution >= 0.6 is 0 Å². The molecule has 0 atom stereocenters. The Morgan fingerprint density at radius 3 is 2.16 bits per heavy atom. The number of nitrogens with zero attached hydrogens (tertiary/aromatic N) is 3. The summed E-state index contributed by atoms with van der Waals surface area (Å²) < 4.78 is 37.9. The predicted octanol–water partition coefficient (Wildman–Crippen LogP) is -1.02. The van der Waals surface area contributed by atoms with Gasteiger partial charge in [0, 0.05) is 36.3 Å². The molecule has 1 aliphatic rings. The summed E-state index contributed by atoms with van der Waals surface area (Å²) in [6.07, 6.45) is 1.24. The summed E-state index contributed by atoms with van der Waals surface area (Å²) in [6, 6.07) is 0. The van der Waals surface area contributed by atoms with Gasteiger partial charge < -0.3 is 5.32 Å². The van der Waals surface area contributed by atoms with Crippen molar-refractivity contribution in [1.82, 2.24) is 10.4 Å². The van der Waals surface area contributed by atoms with Crippen LogP contribution in [0.5, 0.6) is 0 Å². The number of aliphatic imine (C=N–C) groups is 2. The van der Waals surface area contributed by atoms with Crippen molar-refractivity contribution in [3.63, 3.8) is 0 Å². The smallest absolute Gasteiger partial charge is 0.179 e. The van der Waals surface area contributed by atoms with Crippen LogP contribution in [0.15, 0.2) is 9.98 Å². The van der Waals surface area contributed by atoms with Crippen LogP contribution in [0.2, 0.25) is 0 Å². The van der Waals surface area contributed by atoms with E-state index in [1.54, 1.807) is 0 Å². The van der Waals surface area contributed by atoms with Crippen LogP contribution in [0.4, 0.5) is 0 Å². The molecule has 146 valence electrons. The van der Waals surface area contributed by atoms with Gasteiger partial charge in [-0.1, -0.05) is 0 Å². The molecule has 0 aromatic rings. The third-order valence-electron chi connectivity index (χ3n) is 4.01. The maximum absolute atomic E-state index is 11.1. The molecule has 0 amide bonds. The van der Waals surface area contributed by atoms with Gasteiger partial charge in [-0.15, -0.1) is 0 Å². The Morgan fingerprint density at radius 2 is 1.56 bits per heavy atom. The number of nitrogens with one attached hydrogen (secondary N) is 1. The van der Waals surface area contributed by atoms with Gasteiger partial charge in [0.05, 0.1) is 25.2 Å². The van der Waals surface area contributed by atoms with Crippen LogP contribution in [0, 0.1) is 10.2 Å². The van der Waals surface area contributed by atoms with Crippen molar-refractivity contribution >= 4 is 11.4 Å². The number of hydroxylamine groups is 2. The minimum absolute atomic E-state index is 0.104. The lowest BCUT2D eigenvalue weighted by Gasteiger charge is -2.33. The molecule has 0 aliphatic carbocycles. The zero-order chi connectivity index (χ0) is 19.3. The van der Waals surface area contributed by atoms with E-state index in [1.165, 1.54) is 5.06 Å². The van der Waals surface area contributed by atoms with Gasteiger partial charge >= 0.3 is 0 Å². The summed E-state index contributed by atoms with van der Waals surface area (Å²) in [5.74, 6) is 0. The van der Waals surface area contributed by atoms with E-state index in [9.17, 15) is 14.0 Å². The summed E-state index contributed by atoms with van der Waals surface area (Å²) in [7, 11) is -4.55. The van der Waals surface area contributed by atoms with Gasteiger partial charge in [0.15, 0.2) is 4.39 Å². The van der Waals surface area contributed by atoms with E-state index in [-0.39, 0.29) is 12.1 Å². The third kappa shape index (κ3) is 9.05. The average Bonchev–Trinajstić information content (AvgIpc) is 2.39. The molecule has 0 radical (unpaired) electrons. The molecule has 0 bridgehead atoms. The van der Waals surface area contributed by atoms with E-state index >= 15 is 0 Å². The fourth-order valence-corrected chi connectivity index (χ4v) is 3.49. The topological polar surface area (TPSA) is 118 Å². The van der Waals surface area contributed by atoms with E-state index in [1.807, 2.05) is 27.7 Å². The van der Waals surface area contributed by atoms with Gasteiger partial charge in [0.1, 0.15) is 10.2 Å². The second kappa shape index (κ2) is 8.85. The number of halogens is 1. The standard InChI is InChI=1S/C16H31ClN4O4/c1-13-11-15(3,4)20-8-7-18-14(2)12-16(5,6)21(10-9-19-13)25-17(22,23)24/h20H,7-12H2,1-6H3. The fourth-order valence-electron chi connectivity index (χ4n) is 3.03. The van der Waals surface area contributed by atoms with Crippen LogP contribution in [-0.2, 0) is 4.39 Å². The predicted molar refractivity (Wildman–Crippen MR) is 89.1 cm³/mol. The Morgan fingerprint density at radius 1 is 1.00 bits per heavy atom. The molecule has 1 heterocycles. The highest BCUT2D eigenvalue weighted by atomic mass is 35.7. The first-order chi connectivity index (χ1) is 11.3. The van der Waals surface area contributed by atoms with Gasteiger partial charge in [-0.3, -0.25) is 9.98 Å². The molecule has 1 N–H and O–H groups in total. The van der Waals surface area contributed by atoms with E-state index < -0.39 is 15.8 Å². The van der Waals surface area contributed by atoms with Crippen molar-refractivity contribution in [3.05, 3.63) is 0 Å². The number of hydrogen-bond acceptors (Lipinski definition) is 8. The molecular weight excluding hydrogens is 348 g/mol. The van der Waals surface area contributed by atoms with Crippen molar-refractivity contribution < 1.29 is 28.6 Å². The zero-order valence-electron chi connectivity index (χ0n) is 16.1. The Hall–Kier alpha value is -0.610. The van der Waals surface area contributed by atoms with Gasteiger partial charge in [-0.05, 0) is 46.6 Å². The lowest BCUT2D eigenvalue weighted by atomic mass is 9.96. The highest BCUT2D eigenvalue weighted by molar-refractivity contribution is 5.83. The SMILES string of the molecule is CC1=NCCN(O[Cl+3]([O-])([O-])[O-])C(C)(C)CC(C)=NCCNC(C)(C)C1. The highest BCUT2D eigenvalue weighted by Crippen LogP contribution is 2.22. The number of rotatable bonds is 2. The normalized spacial score (nSPS) is 24.2. The highest BCUT2D eigenvalue weighted by Gasteiger charge is 2.39. The summed E-state index contributed by atoms with van der Waals surface area (Å²) in [5, 5.41) is 4.68. The van der Waals surface area contributed by atoms with Gasteiger partial charge in [0.25, 0.3) is 0 Å². The molecule has 25 heavy (non-hydrogen) atoms. The lowest BCUT2D eigenvalue weighted by molar-refractivity contribution is -1.93. The second-order valence-corrected chi connectivity index (χ2v) is 8.65. The molecule has 9 heteroatoms. The third-order valence-corrected chi connectivity index (χ3v) is 4.35. The van der Waals surface area contributed by atoms with Crippen molar-refractivity contribution in [2.75, 3.05) is 26.2 Å². The molecule has 1 aliphatic heterocycles. The van der Waals surface area contributed by atoms with Crippen molar-refractivity contribution in [2.45, 2.75) is 65.5 Å². The van der Waals surface area contributed by atoms with Crippen molar-refractivity contribution in [2.24, 2.45) is 9.98 Å². The number of hydrogen-bond donors (Lipinski definition) is 1. The molecule has 0 fully saturated rings. The van der Waals surface area contributed by atoms with Gasteiger partial charge in [-0.2, -0.15) is 14.0 Å². The minimum Gasteiger partial charge on any atom is -0.310 e. The van der Waals surface area contributed by atoms with Gasteiger partial charge in [-0.25, -0.2) is 0 Å². The Balaban J connectivity index is 3.02. The molecular formula is C16H31ClN4O4. The maximum Gasteiger partial charge on any atom is 0.179 e. The van der Waals surface area contributed by atoms with Crippen LogP contribution in [0.1, 0.15) is 54.4 Å². The molecule has 0 spiro atoms. The first-order valence-corrected chi connectivity index (χ1v) is 9.67.